The average Bonchev–Trinajstić information content (AvgIpc) is 4.32. The Morgan fingerprint density at radius 3 is 1.29 bits per heavy atom. The van der Waals surface area contributed by atoms with E-state index in [0.29, 0.717) is 68.1 Å². The molecule has 1 unspecified atom stereocenters. The standard InChI is InChI=1S/2C31H34N4O3/c2*1-18-15-24(20(3)33-25-10-8-7-9-23(25)30(37)38-31(4,5)6)28-34-27(19(2)29(36)35(28)17-18)22-13-14-32-26(16-22)21-11-12-21/h2*7-10,13-17,20-21,33H,11-12H2,1-6H3/t20-;/m0./s1. The van der Waals surface area contributed by atoms with Gasteiger partial charge in [-0.25, -0.2) is 19.6 Å². The van der Waals surface area contributed by atoms with Crippen LogP contribution in [0.4, 0.5) is 11.4 Å². The Labute approximate surface area is 444 Å². The van der Waals surface area contributed by atoms with E-state index >= 15 is 0 Å². The molecule has 2 saturated carbocycles. The fourth-order valence-corrected chi connectivity index (χ4v) is 9.45. The van der Waals surface area contributed by atoms with Crippen LogP contribution in [0.25, 0.3) is 33.8 Å². The van der Waals surface area contributed by atoms with Crippen LogP contribution < -0.4 is 21.8 Å². The number of fused-ring (bicyclic) bond motifs is 2. The summed E-state index contributed by atoms with van der Waals surface area (Å²) in [5, 5.41) is 6.94. The average molecular weight is 1020 g/mol. The molecular weight excluding hydrogens is 953 g/mol. The Morgan fingerprint density at radius 1 is 0.566 bits per heavy atom. The molecule has 392 valence electrons. The number of pyridine rings is 4. The predicted molar refractivity (Wildman–Crippen MR) is 300 cm³/mol. The molecule has 2 fully saturated rings. The number of ether oxygens (including phenoxy) is 2. The molecule has 8 aromatic rings. The van der Waals surface area contributed by atoms with Crippen LogP contribution in [0, 0.1) is 27.7 Å². The van der Waals surface area contributed by atoms with Crippen LogP contribution >= 0.6 is 0 Å². The van der Waals surface area contributed by atoms with E-state index in [1.54, 1.807) is 33.3 Å². The summed E-state index contributed by atoms with van der Waals surface area (Å²) in [6, 6.07) is 26.2. The van der Waals surface area contributed by atoms with Gasteiger partial charge in [-0.15, -0.1) is 0 Å². The molecular formula is C62H68N8O6. The van der Waals surface area contributed by atoms with E-state index in [1.165, 1.54) is 0 Å². The molecule has 0 amide bonds. The number of esters is 2. The van der Waals surface area contributed by atoms with Crippen molar-refractivity contribution in [2.24, 2.45) is 0 Å². The van der Waals surface area contributed by atoms with Crippen LogP contribution in [-0.2, 0) is 9.47 Å². The van der Waals surface area contributed by atoms with Crippen molar-refractivity contribution in [2.45, 2.75) is 144 Å². The summed E-state index contributed by atoms with van der Waals surface area (Å²) in [6.45, 7) is 22.7. The van der Waals surface area contributed by atoms with E-state index in [-0.39, 0.29) is 23.2 Å². The Bertz CT molecular complexity index is 3430. The zero-order valence-electron chi connectivity index (χ0n) is 45.7. The van der Waals surface area contributed by atoms with Gasteiger partial charge in [0.25, 0.3) is 11.1 Å². The maximum Gasteiger partial charge on any atom is 0.340 e. The van der Waals surface area contributed by atoms with Gasteiger partial charge in [0.1, 0.15) is 22.5 Å². The maximum atomic E-state index is 13.5. The first-order valence-corrected chi connectivity index (χ1v) is 26.2. The molecule has 6 heterocycles. The monoisotopic (exact) mass is 1020 g/mol. The molecule has 0 spiro atoms. The molecule has 2 aliphatic rings. The third-order valence-electron chi connectivity index (χ3n) is 13.5. The van der Waals surface area contributed by atoms with Gasteiger partial charge in [0.2, 0.25) is 0 Å². The molecule has 14 nitrogen and oxygen atoms in total. The number of aromatic nitrogens is 6. The van der Waals surface area contributed by atoms with Gasteiger partial charge >= 0.3 is 11.9 Å². The first-order valence-electron chi connectivity index (χ1n) is 26.2. The quantitative estimate of drug-likeness (QED) is 0.111. The highest BCUT2D eigenvalue weighted by Gasteiger charge is 2.29. The minimum absolute atomic E-state index is 0.0962. The van der Waals surface area contributed by atoms with Crippen LogP contribution in [0.1, 0.15) is 170 Å². The third-order valence-corrected chi connectivity index (χ3v) is 13.5. The molecule has 0 aliphatic heterocycles. The van der Waals surface area contributed by atoms with Crippen molar-refractivity contribution >= 4 is 34.6 Å². The molecule has 10 rings (SSSR count). The smallest absolute Gasteiger partial charge is 0.340 e. The number of para-hydroxylation sites is 2. The molecule has 0 radical (unpaired) electrons. The van der Waals surface area contributed by atoms with E-state index in [0.717, 1.165) is 70.5 Å². The van der Waals surface area contributed by atoms with E-state index in [2.05, 4.69) is 32.7 Å². The molecule has 0 bridgehead atoms. The van der Waals surface area contributed by atoms with Crippen molar-refractivity contribution < 1.29 is 19.1 Å². The molecule has 0 saturated heterocycles. The van der Waals surface area contributed by atoms with Crippen molar-refractivity contribution in [2.75, 3.05) is 10.6 Å². The van der Waals surface area contributed by atoms with Crippen molar-refractivity contribution in [1.82, 2.24) is 28.7 Å². The van der Waals surface area contributed by atoms with Gasteiger partial charge in [0.15, 0.2) is 0 Å². The lowest BCUT2D eigenvalue weighted by Gasteiger charge is -2.23. The number of aryl methyl sites for hydroxylation is 2. The number of nitrogens with zero attached hydrogens (tertiary/aromatic N) is 6. The third kappa shape index (κ3) is 11.8. The number of carbonyl (C=O) groups excluding carboxylic acids is 2. The lowest BCUT2D eigenvalue weighted by Crippen LogP contribution is -2.25. The second kappa shape index (κ2) is 21.0. The van der Waals surface area contributed by atoms with Crippen molar-refractivity contribution in [3.63, 3.8) is 0 Å². The van der Waals surface area contributed by atoms with Gasteiger partial charge in [-0.3, -0.25) is 28.4 Å². The SMILES string of the molecule is Cc1cc(C(C)Nc2ccccc2C(=O)OC(C)(C)C)c2nc(-c3ccnc(C4CC4)c3)c(C)c(=O)n2c1.Cc1cc([C@H](C)Nc2ccccc2C(=O)OC(C)(C)C)c2nc(-c3ccnc(C4CC4)c3)c(C)c(=O)n2c1. The van der Waals surface area contributed by atoms with Crippen molar-refractivity contribution in [3.8, 4) is 22.5 Å². The highest BCUT2D eigenvalue weighted by atomic mass is 16.6. The normalized spacial score (nSPS) is 14.4. The van der Waals surface area contributed by atoms with Crippen LogP contribution in [-0.4, -0.2) is 51.9 Å². The Hall–Kier alpha value is -8.00. The summed E-state index contributed by atoms with van der Waals surface area (Å²) in [4.78, 5) is 72.0. The number of hydrogen-bond acceptors (Lipinski definition) is 12. The molecule has 2 atom stereocenters. The Kier molecular flexibility index (Phi) is 14.6. The highest BCUT2D eigenvalue weighted by Crippen LogP contribution is 2.41. The van der Waals surface area contributed by atoms with E-state index in [4.69, 9.17) is 19.4 Å². The van der Waals surface area contributed by atoms with Crippen LogP contribution in [0.2, 0.25) is 0 Å². The van der Waals surface area contributed by atoms with Crippen LogP contribution in [0.3, 0.4) is 0 Å². The fourth-order valence-electron chi connectivity index (χ4n) is 9.45. The number of carbonyl (C=O) groups is 2. The Balaban J connectivity index is 0.000000186. The zero-order chi connectivity index (χ0) is 54.4. The largest absolute Gasteiger partial charge is 0.456 e. The highest BCUT2D eigenvalue weighted by molar-refractivity contribution is 5.96. The second-order valence-corrected chi connectivity index (χ2v) is 22.4. The van der Waals surface area contributed by atoms with E-state index < -0.39 is 23.1 Å². The topological polar surface area (TPSA) is 171 Å². The number of benzene rings is 2. The maximum absolute atomic E-state index is 13.5. The van der Waals surface area contributed by atoms with Crippen molar-refractivity contribution in [3.05, 3.63) is 186 Å². The molecule has 2 aromatic carbocycles. The van der Waals surface area contributed by atoms with E-state index in [1.807, 2.05) is 156 Å². The minimum Gasteiger partial charge on any atom is -0.456 e. The van der Waals surface area contributed by atoms with Gasteiger partial charge in [-0.05, 0) is 181 Å². The van der Waals surface area contributed by atoms with Gasteiger partial charge in [-0.2, -0.15) is 0 Å². The lowest BCUT2D eigenvalue weighted by atomic mass is 10.0. The van der Waals surface area contributed by atoms with Gasteiger partial charge in [-0.1, -0.05) is 24.3 Å². The number of hydrogen-bond donors (Lipinski definition) is 2. The summed E-state index contributed by atoms with van der Waals surface area (Å²) in [6.07, 6.45) is 11.9. The van der Waals surface area contributed by atoms with Crippen LogP contribution in [0.5, 0.6) is 0 Å². The number of nitrogens with one attached hydrogen (secondary N) is 2. The molecule has 14 heteroatoms. The molecule has 6 aromatic heterocycles. The zero-order valence-corrected chi connectivity index (χ0v) is 45.7. The number of anilines is 2. The number of rotatable bonds is 12. The first-order chi connectivity index (χ1) is 36.0. The summed E-state index contributed by atoms with van der Waals surface area (Å²) in [7, 11) is 0. The molecule has 76 heavy (non-hydrogen) atoms. The summed E-state index contributed by atoms with van der Waals surface area (Å²) >= 11 is 0. The summed E-state index contributed by atoms with van der Waals surface area (Å²) < 4.78 is 14.5. The molecule has 2 aliphatic carbocycles. The minimum atomic E-state index is -0.603. The summed E-state index contributed by atoms with van der Waals surface area (Å²) in [5.41, 5.74) is 12.1. The summed E-state index contributed by atoms with van der Waals surface area (Å²) in [5.74, 6) is 0.227. The first kappa shape index (κ1) is 52.8. The molecule has 2 N–H and O–H groups in total. The fraction of sp³-hybridized carbons (Fsp3) is 0.355. The van der Waals surface area contributed by atoms with E-state index in [9.17, 15) is 19.2 Å². The lowest BCUT2D eigenvalue weighted by molar-refractivity contribution is 0.00580. The van der Waals surface area contributed by atoms with Gasteiger partial charge < -0.3 is 20.1 Å². The second-order valence-electron chi connectivity index (χ2n) is 22.4. The Morgan fingerprint density at radius 2 is 0.934 bits per heavy atom. The van der Waals surface area contributed by atoms with Crippen LogP contribution in [0.15, 0.2) is 119 Å². The predicted octanol–water partition coefficient (Wildman–Crippen LogP) is 12.8. The van der Waals surface area contributed by atoms with Crippen molar-refractivity contribution in [1.29, 1.82) is 0 Å². The van der Waals surface area contributed by atoms with Gasteiger partial charge in [0.05, 0.1) is 34.6 Å². The van der Waals surface area contributed by atoms with Gasteiger partial charge in [0, 0.05) is 92.8 Å².